The molecule has 1 saturated heterocycles. The quantitative estimate of drug-likeness (QED) is 0.882. The number of hydrogen-bond acceptors (Lipinski definition) is 4. The van der Waals surface area contributed by atoms with Gasteiger partial charge in [0, 0.05) is 17.3 Å². The molecule has 0 aromatic heterocycles. The SMILES string of the molecule is COc1ccc(S(=O)(=O)NC2CCCCNC2=O)c2ccccc12. The van der Waals surface area contributed by atoms with Gasteiger partial charge in [-0.05, 0) is 31.4 Å². The van der Waals surface area contributed by atoms with Crippen LogP contribution in [0.15, 0.2) is 41.3 Å². The summed E-state index contributed by atoms with van der Waals surface area (Å²) in [5.74, 6) is 0.339. The number of carbonyl (C=O) groups is 1. The molecule has 2 N–H and O–H groups in total. The second kappa shape index (κ2) is 6.78. The highest BCUT2D eigenvalue weighted by molar-refractivity contribution is 7.89. The van der Waals surface area contributed by atoms with Crippen LogP contribution >= 0.6 is 0 Å². The normalized spacial score (nSPS) is 18.9. The zero-order chi connectivity index (χ0) is 17.2. The molecule has 0 aliphatic carbocycles. The lowest BCUT2D eigenvalue weighted by Crippen LogP contribution is -2.45. The Morgan fingerprint density at radius 1 is 1.12 bits per heavy atom. The molecular formula is C17H20N2O4S. The topological polar surface area (TPSA) is 84.5 Å². The second-order valence-electron chi connectivity index (χ2n) is 5.77. The van der Waals surface area contributed by atoms with Gasteiger partial charge in [-0.2, -0.15) is 4.72 Å². The summed E-state index contributed by atoms with van der Waals surface area (Å²) in [4.78, 5) is 12.2. The fourth-order valence-electron chi connectivity index (χ4n) is 2.96. The molecule has 2 aromatic carbocycles. The number of methoxy groups -OCH3 is 1. The van der Waals surface area contributed by atoms with Crippen molar-refractivity contribution in [3.8, 4) is 5.75 Å². The van der Waals surface area contributed by atoms with Gasteiger partial charge in [-0.3, -0.25) is 4.79 Å². The maximum Gasteiger partial charge on any atom is 0.241 e. The molecule has 1 fully saturated rings. The molecule has 1 heterocycles. The van der Waals surface area contributed by atoms with Gasteiger partial charge >= 0.3 is 0 Å². The van der Waals surface area contributed by atoms with E-state index in [0.29, 0.717) is 29.5 Å². The minimum Gasteiger partial charge on any atom is -0.496 e. The highest BCUT2D eigenvalue weighted by atomic mass is 32.2. The summed E-state index contributed by atoms with van der Waals surface area (Å²) in [6, 6.07) is 9.55. The second-order valence-corrected chi connectivity index (χ2v) is 7.45. The number of carbonyl (C=O) groups excluding carboxylic acids is 1. The largest absolute Gasteiger partial charge is 0.496 e. The van der Waals surface area contributed by atoms with Gasteiger partial charge in [0.25, 0.3) is 0 Å². The first-order valence-electron chi connectivity index (χ1n) is 7.89. The van der Waals surface area contributed by atoms with Gasteiger partial charge in [0.05, 0.1) is 12.0 Å². The van der Waals surface area contributed by atoms with Crippen LogP contribution in [0.5, 0.6) is 5.75 Å². The predicted octanol–water partition coefficient (Wildman–Crippen LogP) is 1.80. The van der Waals surface area contributed by atoms with Crippen molar-refractivity contribution in [3.05, 3.63) is 36.4 Å². The molecule has 1 aliphatic rings. The Morgan fingerprint density at radius 2 is 1.88 bits per heavy atom. The Labute approximate surface area is 141 Å². The number of sulfonamides is 1. The van der Waals surface area contributed by atoms with Gasteiger partial charge in [0.2, 0.25) is 15.9 Å². The van der Waals surface area contributed by atoms with E-state index < -0.39 is 16.1 Å². The molecule has 1 aliphatic heterocycles. The Balaban J connectivity index is 2.01. The van der Waals surface area contributed by atoms with Gasteiger partial charge in [-0.25, -0.2) is 8.42 Å². The maximum absolute atomic E-state index is 12.8. The predicted molar refractivity (Wildman–Crippen MR) is 91.5 cm³/mol. The molecule has 1 atom stereocenters. The number of rotatable bonds is 4. The lowest BCUT2D eigenvalue weighted by molar-refractivity contribution is -0.122. The number of ether oxygens (including phenoxy) is 1. The molecule has 1 unspecified atom stereocenters. The van der Waals surface area contributed by atoms with E-state index in [1.807, 2.05) is 12.1 Å². The summed E-state index contributed by atoms with van der Waals surface area (Å²) in [6.07, 6.45) is 2.16. The van der Waals surface area contributed by atoms with Crippen molar-refractivity contribution in [3.63, 3.8) is 0 Å². The third kappa shape index (κ3) is 3.22. The molecule has 0 spiro atoms. The Kier molecular flexibility index (Phi) is 4.73. The first-order valence-corrected chi connectivity index (χ1v) is 9.37. The van der Waals surface area contributed by atoms with Crippen molar-refractivity contribution >= 4 is 26.7 Å². The Morgan fingerprint density at radius 3 is 2.62 bits per heavy atom. The number of benzene rings is 2. The van der Waals surface area contributed by atoms with Crippen LogP contribution in [0, 0.1) is 0 Å². The molecule has 7 heteroatoms. The van der Waals surface area contributed by atoms with Crippen molar-refractivity contribution in [2.24, 2.45) is 0 Å². The Bertz CT molecular complexity index is 864. The van der Waals surface area contributed by atoms with E-state index in [2.05, 4.69) is 10.0 Å². The van der Waals surface area contributed by atoms with Crippen molar-refractivity contribution in [2.45, 2.75) is 30.2 Å². The van der Waals surface area contributed by atoms with E-state index in [4.69, 9.17) is 4.74 Å². The monoisotopic (exact) mass is 348 g/mol. The molecule has 3 rings (SSSR count). The van der Waals surface area contributed by atoms with Crippen LogP contribution in [0.2, 0.25) is 0 Å². The summed E-state index contributed by atoms with van der Waals surface area (Å²) in [7, 11) is -2.28. The average molecular weight is 348 g/mol. The lowest BCUT2D eigenvalue weighted by Gasteiger charge is -2.17. The molecule has 1 amide bonds. The molecular weight excluding hydrogens is 328 g/mol. The van der Waals surface area contributed by atoms with Crippen LogP contribution in [-0.4, -0.2) is 34.0 Å². The van der Waals surface area contributed by atoms with Crippen LogP contribution in [0.3, 0.4) is 0 Å². The maximum atomic E-state index is 12.8. The fourth-order valence-corrected chi connectivity index (χ4v) is 4.40. The average Bonchev–Trinajstić information content (AvgIpc) is 2.78. The summed E-state index contributed by atoms with van der Waals surface area (Å²) in [5.41, 5.74) is 0. The first kappa shape index (κ1) is 16.7. The van der Waals surface area contributed by atoms with E-state index in [9.17, 15) is 13.2 Å². The summed E-state index contributed by atoms with van der Waals surface area (Å²) in [5, 5.41) is 4.02. The smallest absolute Gasteiger partial charge is 0.241 e. The van der Waals surface area contributed by atoms with Gasteiger partial charge in [0.15, 0.2) is 0 Å². The van der Waals surface area contributed by atoms with E-state index in [-0.39, 0.29) is 10.8 Å². The summed E-state index contributed by atoms with van der Waals surface area (Å²) in [6.45, 7) is 0.586. The number of amides is 1. The number of hydrogen-bond donors (Lipinski definition) is 2. The van der Waals surface area contributed by atoms with Crippen molar-refractivity contribution in [1.82, 2.24) is 10.0 Å². The molecule has 0 radical (unpaired) electrons. The van der Waals surface area contributed by atoms with Crippen molar-refractivity contribution in [2.75, 3.05) is 13.7 Å². The highest BCUT2D eigenvalue weighted by Crippen LogP contribution is 2.31. The molecule has 0 saturated carbocycles. The third-order valence-electron chi connectivity index (χ3n) is 4.19. The highest BCUT2D eigenvalue weighted by Gasteiger charge is 2.28. The van der Waals surface area contributed by atoms with E-state index in [1.54, 1.807) is 25.3 Å². The summed E-state index contributed by atoms with van der Waals surface area (Å²) < 4.78 is 33.5. The van der Waals surface area contributed by atoms with E-state index >= 15 is 0 Å². The third-order valence-corrected chi connectivity index (χ3v) is 5.72. The lowest BCUT2D eigenvalue weighted by atomic mass is 10.1. The molecule has 0 bridgehead atoms. The van der Waals surface area contributed by atoms with Gasteiger partial charge < -0.3 is 10.1 Å². The van der Waals surface area contributed by atoms with Crippen LogP contribution < -0.4 is 14.8 Å². The standard InChI is InChI=1S/C17H20N2O4S/c1-23-15-9-10-16(13-7-3-2-6-12(13)15)24(21,22)19-14-8-4-5-11-18-17(14)20/h2-3,6-7,9-10,14,19H,4-5,8,11H2,1H3,(H,18,20). The van der Waals surface area contributed by atoms with Gasteiger partial charge in [0.1, 0.15) is 11.8 Å². The van der Waals surface area contributed by atoms with Gasteiger partial charge in [-0.1, -0.05) is 24.3 Å². The van der Waals surface area contributed by atoms with E-state index in [0.717, 1.165) is 12.8 Å². The zero-order valence-electron chi connectivity index (χ0n) is 13.4. The number of nitrogens with one attached hydrogen (secondary N) is 2. The zero-order valence-corrected chi connectivity index (χ0v) is 14.2. The minimum absolute atomic E-state index is 0.149. The number of fused-ring (bicyclic) bond motifs is 1. The van der Waals surface area contributed by atoms with Crippen LogP contribution in [0.25, 0.3) is 10.8 Å². The Hall–Kier alpha value is -2.12. The van der Waals surface area contributed by atoms with Crippen LogP contribution in [-0.2, 0) is 14.8 Å². The minimum atomic E-state index is -3.83. The van der Waals surface area contributed by atoms with Crippen LogP contribution in [0.1, 0.15) is 19.3 Å². The first-order chi connectivity index (χ1) is 11.5. The molecule has 6 nitrogen and oxygen atoms in total. The fraction of sp³-hybridized carbons (Fsp3) is 0.353. The van der Waals surface area contributed by atoms with Crippen molar-refractivity contribution < 1.29 is 17.9 Å². The van der Waals surface area contributed by atoms with E-state index in [1.165, 1.54) is 6.07 Å². The van der Waals surface area contributed by atoms with Gasteiger partial charge in [-0.15, -0.1) is 0 Å². The van der Waals surface area contributed by atoms with Crippen LogP contribution in [0.4, 0.5) is 0 Å². The molecule has 128 valence electrons. The summed E-state index contributed by atoms with van der Waals surface area (Å²) >= 11 is 0. The molecule has 2 aromatic rings. The molecule has 24 heavy (non-hydrogen) atoms. The van der Waals surface area contributed by atoms with Crippen molar-refractivity contribution in [1.29, 1.82) is 0 Å².